The van der Waals surface area contributed by atoms with Gasteiger partial charge in [-0.05, 0) is 18.9 Å². The predicted octanol–water partition coefficient (Wildman–Crippen LogP) is 2.27. The maximum Gasteiger partial charge on any atom is 0.511 e. The summed E-state index contributed by atoms with van der Waals surface area (Å²) < 4.78 is 40.2. The Bertz CT molecular complexity index is 1040. The zero-order valence-corrected chi connectivity index (χ0v) is 15.7. The van der Waals surface area contributed by atoms with E-state index in [0.717, 1.165) is 18.9 Å². The molecule has 1 aliphatic heterocycles. The Labute approximate surface area is 164 Å². The van der Waals surface area contributed by atoms with Gasteiger partial charge in [-0.3, -0.25) is 9.18 Å². The number of nitrogens with two attached hydrogens (primary N) is 1. The molecule has 1 aromatic heterocycles. The summed E-state index contributed by atoms with van der Waals surface area (Å²) >= 11 is 0. The average Bonchev–Trinajstić information content (AvgIpc) is 3.45. The first-order valence-corrected chi connectivity index (χ1v) is 9.28. The van der Waals surface area contributed by atoms with Crippen LogP contribution < -0.4 is 25.5 Å². The molecule has 0 radical (unpaired) electrons. The van der Waals surface area contributed by atoms with Crippen LogP contribution >= 0.6 is 0 Å². The van der Waals surface area contributed by atoms with Crippen molar-refractivity contribution in [1.82, 2.24) is 4.57 Å². The fraction of sp³-hybridized carbons (Fsp3) is 0.474. The molecule has 2 atom stereocenters. The van der Waals surface area contributed by atoms with Crippen molar-refractivity contribution in [3.05, 3.63) is 28.3 Å². The molecule has 1 aromatic carbocycles. The third-order valence-electron chi connectivity index (χ3n) is 5.51. The minimum atomic E-state index is -1.63. The van der Waals surface area contributed by atoms with Gasteiger partial charge in [0.2, 0.25) is 5.43 Å². The number of halogens is 2. The van der Waals surface area contributed by atoms with Crippen LogP contribution in [0.2, 0.25) is 0 Å². The Kier molecular flexibility index (Phi) is 4.81. The predicted molar refractivity (Wildman–Crippen MR) is 101 cm³/mol. The zero-order valence-electron chi connectivity index (χ0n) is 15.7. The Morgan fingerprint density at radius 1 is 1.38 bits per heavy atom. The van der Waals surface area contributed by atoms with Gasteiger partial charge in [0, 0.05) is 31.1 Å². The number of hydrogen-bond acceptors (Lipinski definition) is 6. The maximum absolute atomic E-state index is 15.1. The molecule has 4 rings (SSSR count). The van der Waals surface area contributed by atoms with Crippen LogP contribution in [0.1, 0.15) is 18.9 Å². The van der Waals surface area contributed by atoms with Crippen LogP contribution in [-0.4, -0.2) is 48.7 Å². The second-order valence-electron chi connectivity index (χ2n) is 7.45. The molecule has 0 spiro atoms. The molecule has 0 bridgehead atoms. The largest absolute Gasteiger partial charge is 0.511 e. The highest BCUT2D eigenvalue weighted by Gasteiger charge is 2.36. The highest BCUT2D eigenvalue weighted by Crippen LogP contribution is 2.45. The molecule has 29 heavy (non-hydrogen) atoms. The quantitative estimate of drug-likeness (QED) is 0.730. The van der Waals surface area contributed by atoms with Crippen molar-refractivity contribution in [2.45, 2.75) is 24.9 Å². The van der Waals surface area contributed by atoms with E-state index in [0.29, 0.717) is 5.52 Å². The van der Waals surface area contributed by atoms with Gasteiger partial charge in [0.1, 0.15) is 5.69 Å². The normalized spacial score (nSPS) is 21.6. The van der Waals surface area contributed by atoms with Crippen molar-refractivity contribution in [2.75, 3.05) is 31.8 Å². The Balaban J connectivity index is 1.96. The third kappa shape index (κ3) is 3.27. The number of methoxy groups -OCH3 is 1. The molecule has 2 heterocycles. The van der Waals surface area contributed by atoms with E-state index in [1.54, 1.807) is 9.47 Å². The second kappa shape index (κ2) is 7.18. The average molecular weight is 409 g/mol. The SMILES string of the molecule is COc1c(N2C[C@H](CF)[C@H](N)C2)c(F)cc2c(=O)c(OC(=O)O)cn(C3CC3)c12. The number of pyridine rings is 1. The number of hydrogen-bond donors (Lipinski definition) is 2. The van der Waals surface area contributed by atoms with Gasteiger partial charge in [0.25, 0.3) is 0 Å². The van der Waals surface area contributed by atoms with Crippen molar-refractivity contribution in [1.29, 1.82) is 0 Å². The number of carbonyl (C=O) groups is 1. The van der Waals surface area contributed by atoms with Gasteiger partial charge in [-0.1, -0.05) is 0 Å². The minimum absolute atomic E-state index is 0.0147. The van der Waals surface area contributed by atoms with Crippen molar-refractivity contribution >= 4 is 22.7 Å². The molecule has 10 heteroatoms. The van der Waals surface area contributed by atoms with Gasteiger partial charge in [0.05, 0.1) is 30.9 Å². The molecule has 1 aliphatic carbocycles. The van der Waals surface area contributed by atoms with Crippen molar-refractivity contribution in [3.63, 3.8) is 0 Å². The van der Waals surface area contributed by atoms with Crippen LogP contribution in [0.3, 0.4) is 0 Å². The smallest absolute Gasteiger partial charge is 0.492 e. The van der Waals surface area contributed by atoms with Crippen LogP contribution in [0.4, 0.5) is 19.3 Å². The van der Waals surface area contributed by atoms with E-state index in [4.69, 9.17) is 15.6 Å². The van der Waals surface area contributed by atoms with Crippen molar-refractivity contribution < 1.29 is 28.2 Å². The number of benzene rings is 1. The van der Waals surface area contributed by atoms with Gasteiger partial charge < -0.3 is 29.8 Å². The molecule has 2 aliphatic rings. The Morgan fingerprint density at radius 2 is 2.10 bits per heavy atom. The van der Waals surface area contributed by atoms with E-state index in [2.05, 4.69) is 4.74 Å². The van der Waals surface area contributed by atoms with E-state index in [1.165, 1.54) is 13.3 Å². The molecule has 1 saturated heterocycles. The fourth-order valence-corrected chi connectivity index (χ4v) is 3.96. The number of ether oxygens (including phenoxy) is 2. The van der Waals surface area contributed by atoms with Crippen molar-refractivity contribution in [3.8, 4) is 11.5 Å². The molecule has 3 N–H and O–H groups in total. The number of anilines is 1. The molecule has 156 valence electrons. The summed E-state index contributed by atoms with van der Waals surface area (Å²) in [6.07, 6.45) is 1.33. The Hall–Kier alpha value is -2.88. The number of rotatable bonds is 5. The number of alkyl halides is 1. The monoisotopic (exact) mass is 409 g/mol. The lowest BCUT2D eigenvalue weighted by molar-refractivity contribution is 0.143. The molecule has 0 unspecified atom stereocenters. The summed E-state index contributed by atoms with van der Waals surface area (Å²) in [6.45, 7) is -0.135. The fourth-order valence-electron chi connectivity index (χ4n) is 3.96. The summed E-state index contributed by atoms with van der Waals surface area (Å²) in [5.41, 5.74) is 5.70. The van der Waals surface area contributed by atoms with E-state index in [-0.39, 0.29) is 36.0 Å². The number of carboxylic acid groups (broad SMARTS) is 1. The van der Waals surface area contributed by atoms with Gasteiger partial charge >= 0.3 is 6.16 Å². The summed E-state index contributed by atoms with van der Waals surface area (Å²) in [4.78, 5) is 25.3. The van der Waals surface area contributed by atoms with Gasteiger partial charge in [-0.25, -0.2) is 9.18 Å². The highest BCUT2D eigenvalue weighted by molar-refractivity contribution is 5.92. The maximum atomic E-state index is 15.1. The molecule has 1 saturated carbocycles. The second-order valence-corrected chi connectivity index (χ2v) is 7.45. The molecular weight excluding hydrogens is 388 g/mol. The van der Waals surface area contributed by atoms with Crippen LogP contribution in [0.5, 0.6) is 11.5 Å². The topological polar surface area (TPSA) is 107 Å². The van der Waals surface area contributed by atoms with E-state index < -0.39 is 41.8 Å². The summed E-state index contributed by atoms with van der Waals surface area (Å²) in [5.74, 6) is -1.41. The van der Waals surface area contributed by atoms with E-state index in [9.17, 15) is 14.0 Å². The van der Waals surface area contributed by atoms with E-state index >= 15 is 4.39 Å². The van der Waals surface area contributed by atoms with E-state index in [1.807, 2.05) is 0 Å². The van der Waals surface area contributed by atoms with Gasteiger partial charge in [-0.15, -0.1) is 0 Å². The van der Waals surface area contributed by atoms with Crippen LogP contribution in [0, 0.1) is 11.7 Å². The lowest BCUT2D eigenvalue weighted by Gasteiger charge is -2.24. The first-order valence-electron chi connectivity index (χ1n) is 9.28. The molecule has 2 fully saturated rings. The highest BCUT2D eigenvalue weighted by atomic mass is 19.1. The summed E-state index contributed by atoms with van der Waals surface area (Å²) in [7, 11) is 1.36. The van der Waals surface area contributed by atoms with Crippen LogP contribution in [-0.2, 0) is 0 Å². The lowest BCUT2D eigenvalue weighted by Crippen LogP contribution is -2.30. The Morgan fingerprint density at radius 3 is 2.66 bits per heavy atom. The molecule has 0 amide bonds. The zero-order chi connectivity index (χ0) is 20.9. The standard InChI is InChI=1S/C19H21F2N3O5/c1-28-18-15-11(4-12(21)16(18)23-6-9(5-20)13(22)7-23)17(25)14(29-19(26)27)8-24(15)10-2-3-10/h4,8-10,13H,2-3,5-7,22H2,1H3,(H,26,27)/t9-,13+/m0/s1. The van der Waals surface area contributed by atoms with Crippen molar-refractivity contribution in [2.24, 2.45) is 11.7 Å². The number of aromatic nitrogens is 1. The molecular formula is C19H21F2N3O5. The first-order chi connectivity index (χ1) is 13.8. The summed E-state index contributed by atoms with van der Waals surface area (Å²) in [5, 5.41) is 8.86. The number of nitrogens with zero attached hydrogens (tertiary/aromatic N) is 2. The minimum Gasteiger partial charge on any atom is -0.492 e. The summed E-state index contributed by atoms with van der Waals surface area (Å²) in [6, 6.07) is 0.620. The molecule has 8 nitrogen and oxygen atoms in total. The first kappa shape index (κ1) is 19.4. The number of fused-ring (bicyclic) bond motifs is 1. The lowest BCUT2D eigenvalue weighted by atomic mass is 10.1. The molecule has 2 aromatic rings. The third-order valence-corrected chi connectivity index (χ3v) is 5.51. The van der Waals surface area contributed by atoms with Gasteiger partial charge in [-0.2, -0.15) is 0 Å². The van der Waals surface area contributed by atoms with Gasteiger partial charge in [0.15, 0.2) is 17.3 Å². The van der Waals surface area contributed by atoms with Crippen LogP contribution in [0.25, 0.3) is 10.9 Å². The van der Waals surface area contributed by atoms with Crippen LogP contribution in [0.15, 0.2) is 17.1 Å².